The molecule has 0 aliphatic carbocycles. The van der Waals surface area contributed by atoms with Gasteiger partial charge in [-0.15, -0.1) is 0 Å². The first-order valence-corrected chi connectivity index (χ1v) is 5.90. The van der Waals surface area contributed by atoms with Crippen molar-refractivity contribution in [3.8, 4) is 0 Å². The minimum absolute atomic E-state index is 0.188. The van der Waals surface area contributed by atoms with Gasteiger partial charge >= 0.3 is 18.0 Å². The second-order valence-electron chi connectivity index (χ2n) is 3.57. The lowest BCUT2D eigenvalue weighted by atomic mass is 10.2. The van der Waals surface area contributed by atoms with E-state index < -0.39 is 24.0 Å². The molecule has 0 aliphatic heterocycles. The number of nitrogens with zero attached hydrogens (tertiary/aromatic N) is 1. The third-order valence-corrected chi connectivity index (χ3v) is 2.30. The van der Waals surface area contributed by atoms with Crippen molar-refractivity contribution in [2.45, 2.75) is 33.2 Å². The molecule has 104 valence electrons. The van der Waals surface area contributed by atoms with Gasteiger partial charge in [0.1, 0.15) is 12.6 Å². The van der Waals surface area contributed by atoms with Gasteiger partial charge in [0.25, 0.3) is 0 Å². The van der Waals surface area contributed by atoms with E-state index in [0.717, 1.165) is 0 Å². The van der Waals surface area contributed by atoms with E-state index in [1.54, 1.807) is 20.8 Å². The average molecular weight is 260 g/mol. The smallest absolute Gasteiger partial charge is 0.326 e. The Hall–Kier alpha value is -1.79. The highest BCUT2D eigenvalue weighted by Gasteiger charge is 2.22. The fourth-order valence-corrected chi connectivity index (χ4v) is 1.27. The van der Waals surface area contributed by atoms with Crippen LogP contribution >= 0.6 is 0 Å². The van der Waals surface area contributed by atoms with Crippen molar-refractivity contribution < 1.29 is 24.2 Å². The largest absolute Gasteiger partial charge is 0.480 e. The van der Waals surface area contributed by atoms with Crippen molar-refractivity contribution in [1.82, 2.24) is 10.2 Å². The molecule has 18 heavy (non-hydrogen) atoms. The fraction of sp³-hybridized carbons (Fsp3) is 0.727. The topological polar surface area (TPSA) is 95.9 Å². The van der Waals surface area contributed by atoms with Gasteiger partial charge in [-0.1, -0.05) is 6.92 Å². The predicted molar refractivity (Wildman–Crippen MR) is 64.1 cm³/mol. The fourth-order valence-electron chi connectivity index (χ4n) is 1.27. The molecule has 0 aromatic heterocycles. The van der Waals surface area contributed by atoms with E-state index in [4.69, 9.17) is 9.84 Å². The number of likely N-dealkylation sites (N-methyl/N-ethyl adjacent to an activating group) is 1. The Labute approximate surface area is 106 Å². The average Bonchev–Trinajstić information content (AvgIpc) is 2.32. The predicted octanol–water partition coefficient (Wildman–Crippen LogP) is 0.444. The summed E-state index contributed by atoms with van der Waals surface area (Å²) < 4.78 is 4.73. The first kappa shape index (κ1) is 16.2. The molecular formula is C11H20N2O5. The van der Waals surface area contributed by atoms with Gasteiger partial charge in [0.15, 0.2) is 0 Å². The monoisotopic (exact) mass is 260 g/mol. The molecule has 0 fully saturated rings. The van der Waals surface area contributed by atoms with Crippen molar-refractivity contribution in [1.29, 1.82) is 0 Å². The Morgan fingerprint density at radius 1 is 1.28 bits per heavy atom. The van der Waals surface area contributed by atoms with Gasteiger partial charge in [-0.25, -0.2) is 9.59 Å². The summed E-state index contributed by atoms with van der Waals surface area (Å²) in [7, 11) is 0. The molecule has 0 aromatic carbocycles. The molecule has 0 rings (SSSR count). The number of carbonyl (C=O) groups excluding carboxylic acids is 2. The Bertz CT molecular complexity index is 306. The summed E-state index contributed by atoms with van der Waals surface area (Å²) in [6, 6.07) is -1.53. The van der Waals surface area contributed by atoms with Crippen molar-refractivity contribution in [3.05, 3.63) is 0 Å². The zero-order chi connectivity index (χ0) is 14.1. The SMILES string of the molecule is CCOC(=O)CN(CC)C(=O)N[C@H](CC)C(=O)O. The molecule has 2 amide bonds. The molecule has 7 heteroatoms. The molecule has 0 heterocycles. The first-order chi connectivity index (χ1) is 8.46. The number of urea groups is 1. The summed E-state index contributed by atoms with van der Waals surface area (Å²) in [4.78, 5) is 35.0. The summed E-state index contributed by atoms with van der Waals surface area (Å²) in [5.41, 5.74) is 0. The number of ether oxygens (including phenoxy) is 1. The molecule has 0 saturated heterocycles. The lowest BCUT2D eigenvalue weighted by Crippen LogP contribution is -2.49. The van der Waals surface area contributed by atoms with Crippen LogP contribution in [0.4, 0.5) is 4.79 Å². The third-order valence-electron chi connectivity index (χ3n) is 2.30. The molecule has 0 aliphatic rings. The maximum absolute atomic E-state index is 11.7. The second-order valence-corrected chi connectivity index (χ2v) is 3.57. The van der Waals surface area contributed by atoms with Crippen LogP contribution in [0.2, 0.25) is 0 Å². The molecule has 0 unspecified atom stereocenters. The Morgan fingerprint density at radius 3 is 2.28 bits per heavy atom. The van der Waals surface area contributed by atoms with Crippen LogP contribution in [0.25, 0.3) is 0 Å². The number of hydrogen-bond acceptors (Lipinski definition) is 4. The maximum Gasteiger partial charge on any atom is 0.326 e. The van der Waals surface area contributed by atoms with E-state index in [9.17, 15) is 14.4 Å². The van der Waals surface area contributed by atoms with Gasteiger partial charge in [-0.3, -0.25) is 4.79 Å². The number of aliphatic carboxylic acids is 1. The van der Waals surface area contributed by atoms with Crippen LogP contribution in [0.5, 0.6) is 0 Å². The van der Waals surface area contributed by atoms with Crippen molar-refractivity contribution in [3.63, 3.8) is 0 Å². The minimum atomic E-state index is -1.10. The van der Waals surface area contributed by atoms with Gasteiger partial charge in [0.05, 0.1) is 6.61 Å². The van der Waals surface area contributed by atoms with Gasteiger partial charge in [-0.05, 0) is 20.3 Å². The third kappa shape index (κ3) is 5.51. The van der Waals surface area contributed by atoms with Crippen LogP contribution in [0.1, 0.15) is 27.2 Å². The van der Waals surface area contributed by atoms with E-state index in [0.29, 0.717) is 6.54 Å². The van der Waals surface area contributed by atoms with E-state index in [1.807, 2.05) is 0 Å². The number of hydrogen-bond donors (Lipinski definition) is 2. The number of carboxylic acids is 1. The van der Waals surface area contributed by atoms with Crippen LogP contribution in [-0.4, -0.2) is 53.7 Å². The number of rotatable bonds is 7. The summed E-state index contributed by atoms with van der Waals surface area (Å²) in [5, 5.41) is 11.2. The summed E-state index contributed by atoms with van der Waals surface area (Å²) in [6.07, 6.45) is 0.276. The number of amides is 2. The molecular weight excluding hydrogens is 240 g/mol. The highest BCUT2D eigenvalue weighted by atomic mass is 16.5. The van der Waals surface area contributed by atoms with Crippen LogP contribution in [0.15, 0.2) is 0 Å². The van der Waals surface area contributed by atoms with Crippen molar-refractivity contribution >= 4 is 18.0 Å². The highest BCUT2D eigenvalue weighted by molar-refractivity contribution is 5.85. The first-order valence-electron chi connectivity index (χ1n) is 5.90. The van der Waals surface area contributed by atoms with Crippen LogP contribution < -0.4 is 5.32 Å². The number of carboxylic acid groups (broad SMARTS) is 1. The summed E-state index contributed by atoms with van der Waals surface area (Å²) in [6.45, 7) is 5.37. The van der Waals surface area contributed by atoms with E-state index in [2.05, 4.69) is 5.32 Å². The van der Waals surface area contributed by atoms with Gasteiger partial charge < -0.3 is 20.1 Å². The lowest BCUT2D eigenvalue weighted by Gasteiger charge is -2.22. The van der Waals surface area contributed by atoms with E-state index >= 15 is 0 Å². The Balaban J connectivity index is 4.42. The Kier molecular flexibility index (Phi) is 7.50. The zero-order valence-corrected chi connectivity index (χ0v) is 10.9. The number of carbonyl (C=O) groups is 3. The second kappa shape index (κ2) is 8.32. The summed E-state index contributed by atoms with van der Waals surface area (Å²) >= 11 is 0. The highest BCUT2D eigenvalue weighted by Crippen LogP contribution is 1.96. The zero-order valence-electron chi connectivity index (χ0n) is 10.9. The van der Waals surface area contributed by atoms with Crippen molar-refractivity contribution in [2.24, 2.45) is 0 Å². The molecule has 0 bridgehead atoms. The Morgan fingerprint density at radius 2 is 1.89 bits per heavy atom. The van der Waals surface area contributed by atoms with Crippen LogP contribution in [0, 0.1) is 0 Å². The van der Waals surface area contributed by atoms with E-state index in [1.165, 1.54) is 4.90 Å². The standard InChI is InChI=1S/C11H20N2O5/c1-4-8(10(15)16)12-11(17)13(5-2)7-9(14)18-6-3/h8H,4-7H2,1-3H3,(H,12,17)(H,15,16)/t8-/m1/s1. The molecule has 1 atom stereocenters. The van der Waals surface area contributed by atoms with Gasteiger partial charge in [0, 0.05) is 6.54 Å². The minimum Gasteiger partial charge on any atom is -0.480 e. The molecule has 0 saturated carbocycles. The quantitative estimate of drug-likeness (QED) is 0.648. The normalized spacial score (nSPS) is 11.5. The summed E-state index contributed by atoms with van der Waals surface area (Å²) in [5.74, 6) is -1.61. The molecule has 0 aromatic rings. The van der Waals surface area contributed by atoms with Gasteiger partial charge in [0.2, 0.25) is 0 Å². The number of esters is 1. The van der Waals surface area contributed by atoms with Gasteiger partial charge in [-0.2, -0.15) is 0 Å². The lowest BCUT2D eigenvalue weighted by molar-refractivity contribution is -0.143. The molecule has 2 N–H and O–H groups in total. The van der Waals surface area contributed by atoms with E-state index in [-0.39, 0.29) is 19.6 Å². The maximum atomic E-state index is 11.7. The number of nitrogens with one attached hydrogen (secondary N) is 1. The van der Waals surface area contributed by atoms with Crippen LogP contribution in [0.3, 0.4) is 0 Å². The van der Waals surface area contributed by atoms with Crippen molar-refractivity contribution in [2.75, 3.05) is 19.7 Å². The molecule has 0 radical (unpaired) electrons. The molecule has 0 spiro atoms. The van der Waals surface area contributed by atoms with Crippen LogP contribution in [-0.2, 0) is 14.3 Å². The molecule has 7 nitrogen and oxygen atoms in total.